The number of nitrogens with zero attached hydrogens (tertiary/aromatic N) is 1. The summed E-state index contributed by atoms with van der Waals surface area (Å²) in [4.78, 5) is 12.6. The summed E-state index contributed by atoms with van der Waals surface area (Å²) in [6, 6.07) is 9.50. The second kappa shape index (κ2) is 10.4. The van der Waals surface area contributed by atoms with E-state index in [4.69, 9.17) is 25.8 Å². The number of carbonyl (C=O) groups is 1. The van der Waals surface area contributed by atoms with Gasteiger partial charge in [0.05, 0.1) is 43.5 Å². The van der Waals surface area contributed by atoms with Gasteiger partial charge in [0.25, 0.3) is 0 Å². The number of rotatable bonds is 10. The quantitative estimate of drug-likeness (QED) is 0.587. The van der Waals surface area contributed by atoms with Crippen LogP contribution in [0, 0.1) is 0 Å². The van der Waals surface area contributed by atoms with E-state index < -0.39 is 22.5 Å². The number of sulfonamides is 1. The Morgan fingerprint density at radius 3 is 2.27 bits per heavy atom. The van der Waals surface area contributed by atoms with Crippen LogP contribution in [0.2, 0.25) is 5.02 Å². The number of carbonyl (C=O) groups excluding carboxylic acids is 1. The number of hydrogen-bond acceptors (Lipinski definition) is 6. The normalized spacial score (nSPS) is 11.0. The monoisotopic (exact) mass is 456 g/mol. The molecule has 2 rings (SSSR count). The molecular weight excluding hydrogens is 432 g/mol. The van der Waals surface area contributed by atoms with Crippen molar-refractivity contribution in [3.63, 3.8) is 0 Å². The second-order valence-electron chi connectivity index (χ2n) is 6.35. The first kappa shape index (κ1) is 23.6. The van der Waals surface area contributed by atoms with E-state index in [0.717, 1.165) is 17.0 Å². The summed E-state index contributed by atoms with van der Waals surface area (Å²) in [5.74, 6) is 0.721. The molecule has 0 heterocycles. The summed E-state index contributed by atoms with van der Waals surface area (Å²) in [5.41, 5.74) is 0.651. The Morgan fingerprint density at radius 1 is 1.10 bits per heavy atom. The largest absolute Gasteiger partial charge is 0.495 e. The van der Waals surface area contributed by atoms with Crippen molar-refractivity contribution in [2.45, 2.75) is 13.3 Å². The van der Waals surface area contributed by atoms with E-state index >= 15 is 0 Å². The number of methoxy groups -OCH3 is 2. The second-order valence-corrected chi connectivity index (χ2v) is 8.66. The van der Waals surface area contributed by atoms with Crippen molar-refractivity contribution in [1.82, 2.24) is 0 Å². The van der Waals surface area contributed by atoms with Crippen LogP contribution < -0.4 is 23.8 Å². The number of amides is 1. The predicted octanol–water partition coefficient (Wildman–Crippen LogP) is 3.55. The van der Waals surface area contributed by atoms with Gasteiger partial charge in [-0.05, 0) is 30.7 Å². The molecule has 0 aliphatic carbocycles. The summed E-state index contributed by atoms with van der Waals surface area (Å²) in [6.07, 6.45) is 1.89. The van der Waals surface area contributed by atoms with E-state index in [-0.39, 0.29) is 0 Å². The van der Waals surface area contributed by atoms with Crippen LogP contribution in [-0.2, 0) is 14.8 Å². The summed E-state index contributed by atoms with van der Waals surface area (Å²) >= 11 is 6.07. The van der Waals surface area contributed by atoms with Crippen molar-refractivity contribution in [2.24, 2.45) is 0 Å². The first-order chi connectivity index (χ1) is 14.2. The lowest BCUT2D eigenvalue weighted by atomic mass is 10.2. The number of halogens is 1. The van der Waals surface area contributed by atoms with Gasteiger partial charge < -0.3 is 19.5 Å². The first-order valence-electron chi connectivity index (χ1n) is 9.11. The molecule has 0 atom stereocenters. The molecule has 0 saturated carbocycles. The molecule has 10 heteroatoms. The van der Waals surface area contributed by atoms with Gasteiger partial charge in [0.15, 0.2) is 0 Å². The Balaban J connectivity index is 2.23. The van der Waals surface area contributed by atoms with Gasteiger partial charge >= 0.3 is 0 Å². The standard InChI is InChI=1S/C20H25ClN2O6S/c1-5-10-29-15-8-6-14(7-9-15)23(30(4,25)26)13-20(24)22-17-12-18(27-2)16(21)11-19(17)28-3/h6-9,11-12H,5,10,13H2,1-4H3,(H,22,24). The molecule has 0 bridgehead atoms. The lowest BCUT2D eigenvalue weighted by Gasteiger charge is -2.22. The Labute approximate surface area is 181 Å². The minimum Gasteiger partial charge on any atom is -0.495 e. The molecule has 0 aromatic heterocycles. The van der Waals surface area contributed by atoms with E-state index in [0.29, 0.717) is 40.3 Å². The molecule has 0 aliphatic rings. The summed E-state index contributed by atoms with van der Waals surface area (Å²) in [7, 11) is -0.843. The molecule has 0 unspecified atom stereocenters. The average molecular weight is 457 g/mol. The predicted molar refractivity (Wildman–Crippen MR) is 118 cm³/mol. The molecule has 0 aliphatic heterocycles. The van der Waals surface area contributed by atoms with E-state index in [1.54, 1.807) is 24.3 Å². The zero-order chi connectivity index (χ0) is 22.3. The van der Waals surface area contributed by atoms with Crippen LogP contribution in [0.25, 0.3) is 0 Å². The van der Waals surface area contributed by atoms with Crippen LogP contribution in [0.3, 0.4) is 0 Å². The van der Waals surface area contributed by atoms with E-state index in [1.807, 2.05) is 6.92 Å². The molecule has 8 nitrogen and oxygen atoms in total. The number of anilines is 2. The van der Waals surface area contributed by atoms with Gasteiger partial charge in [-0.2, -0.15) is 0 Å². The molecule has 164 valence electrons. The van der Waals surface area contributed by atoms with Crippen molar-refractivity contribution in [3.05, 3.63) is 41.4 Å². The Kier molecular flexibility index (Phi) is 8.19. The molecule has 0 fully saturated rings. The highest BCUT2D eigenvalue weighted by atomic mass is 35.5. The zero-order valence-corrected chi connectivity index (χ0v) is 18.8. The van der Waals surface area contributed by atoms with Gasteiger partial charge in [0.2, 0.25) is 15.9 Å². The highest BCUT2D eigenvalue weighted by Crippen LogP contribution is 2.36. The number of hydrogen-bond donors (Lipinski definition) is 1. The molecule has 30 heavy (non-hydrogen) atoms. The van der Waals surface area contributed by atoms with Gasteiger partial charge in [0.1, 0.15) is 23.8 Å². The van der Waals surface area contributed by atoms with Gasteiger partial charge in [-0.1, -0.05) is 18.5 Å². The Bertz CT molecular complexity index is 980. The number of benzene rings is 2. The molecule has 0 saturated heterocycles. The topological polar surface area (TPSA) is 94.2 Å². The first-order valence-corrected chi connectivity index (χ1v) is 11.3. The SMILES string of the molecule is CCCOc1ccc(N(CC(=O)Nc2cc(OC)c(Cl)cc2OC)S(C)(=O)=O)cc1. The number of ether oxygens (including phenoxy) is 3. The van der Waals surface area contributed by atoms with Gasteiger partial charge in [-0.25, -0.2) is 8.42 Å². The molecule has 1 N–H and O–H groups in total. The van der Waals surface area contributed by atoms with Crippen LogP contribution in [0.4, 0.5) is 11.4 Å². The number of nitrogens with one attached hydrogen (secondary N) is 1. The third-order valence-corrected chi connectivity index (χ3v) is 5.47. The van der Waals surface area contributed by atoms with Crippen molar-refractivity contribution >= 4 is 38.9 Å². The van der Waals surface area contributed by atoms with Crippen LogP contribution in [0.1, 0.15) is 13.3 Å². The minimum atomic E-state index is -3.72. The van der Waals surface area contributed by atoms with Gasteiger partial charge in [-0.3, -0.25) is 9.10 Å². The van der Waals surface area contributed by atoms with Crippen molar-refractivity contribution in [3.8, 4) is 17.2 Å². The van der Waals surface area contributed by atoms with Crippen LogP contribution in [0.5, 0.6) is 17.2 Å². The lowest BCUT2D eigenvalue weighted by molar-refractivity contribution is -0.114. The highest BCUT2D eigenvalue weighted by Gasteiger charge is 2.22. The Morgan fingerprint density at radius 2 is 1.73 bits per heavy atom. The van der Waals surface area contributed by atoms with Crippen molar-refractivity contribution in [1.29, 1.82) is 0 Å². The van der Waals surface area contributed by atoms with E-state index in [2.05, 4.69) is 5.32 Å². The third kappa shape index (κ3) is 6.17. The summed E-state index contributed by atoms with van der Waals surface area (Å²) < 4.78 is 41.5. The maximum absolute atomic E-state index is 12.6. The maximum Gasteiger partial charge on any atom is 0.245 e. The van der Waals surface area contributed by atoms with Gasteiger partial charge in [0, 0.05) is 12.1 Å². The summed E-state index contributed by atoms with van der Waals surface area (Å²) in [5, 5.41) is 2.96. The van der Waals surface area contributed by atoms with E-state index in [9.17, 15) is 13.2 Å². The molecule has 2 aromatic rings. The van der Waals surface area contributed by atoms with Crippen molar-refractivity contribution < 1.29 is 27.4 Å². The fourth-order valence-electron chi connectivity index (χ4n) is 2.61. The lowest BCUT2D eigenvalue weighted by Crippen LogP contribution is -2.37. The molecule has 2 aromatic carbocycles. The molecular formula is C20H25ClN2O6S. The molecule has 1 amide bonds. The van der Waals surface area contributed by atoms with Crippen LogP contribution in [-0.4, -0.2) is 48.0 Å². The fourth-order valence-corrected chi connectivity index (χ4v) is 3.69. The van der Waals surface area contributed by atoms with Crippen LogP contribution in [0.15, 0.2) is 36.4 Å². The van der Waals surface area contributed by atoms with Crippen molar-refractivity contribution in [2.75, 3.05) is 43.2 Å². The zero-order valence-electron chi connectivity index (χ0n) is 17.3. The maximum atomic E-state index is 12.6. The minimum absolute atomic E-state index is 0.306. The molecule has 0 radical (unpaired) electrons. The van der Waals surface area contributed by atoms with E-state index in [1.165, 1.54) is 26.4 Å². The highest BCUT2D eigenvalue weighted by molar-refractivity contribution is 7.92. The smallest absolute Gasteiger partial charge is 0.245 e. The van der Waals surface area contributed by atoms with Gasteiger partial charge in [-0.15, -0.1) is 0 Å². The Hall–Kier alpha value is -2.65. The summed E-state index contributed by atoms with van der Waals surface area (Å²) in [6.45, 7) is 2.12. The average Bonchev–Trinajstić information content (AvgIpc) is 2.71. The van der Waals surface area contributed by atoms with Crippen LogP contribution >= 0.6 is 11.6 Å². The molecule has 0 spiro atoms. The third-order valence-electron chi connectivity index (χ3n) is 4.03. The fraction of sp³-hybridized carbons (Fsp3) is 0.350.